The summed E-state index contributed by atoms with van der Waals surface area (Å²) in [7, 11) is 0. The summed E-state index contributed by atoms with van der Waals surface area (Å²) in [4.78, 5) is 122. The molecule has 0 spiro atoms. The molecule has 20 rings (SSSR count). The SMILES string of the molecule is CC(F)(F)Oc1ccc(C(=O)CC23CC(NC(=O)COc4ccc(C(F)(F)F)nc4)(C2)C3)nc1.CC(F)c1cnc(C(=O)CC23CC(NC(=O)COc4ccc(C(F)(F)F)nc4)(C2)C3)cn1.CCc1cc(C(=O)CC23CC(NC(=O)COc4ccc(Cl)c(F)c4)(C2)C3)ccc1C.CCc1cncc(C(=O)CC23CC(NC(=O)COc4ccc(Cl)c(F)c4)(C2)C3)c1. The van der Waals surface area contributed by atoms with Gasteiger partial charge < -0.3 is 45.0 Å². The molecule has 5 aromatic heterocycles. The Morgan fingerprint density at radius 3 is 1.16 bits per heavy atom. The predicted molar refractivity (Wildman–Crippen MR) is 429 cm³/mol. The number of carbonyl (C=O) groups excluding carboxylic acids is 8. The lowest BCUT2D eigenvalue weighted by atomic mass is 9.38. The molecule has 12 aliphatic carbocycles. The third-order valence-electron chi connectivity index (χ3n) is 23.9. The van der Waals surface area contributed by atoms with Gasteiger partial charge in [-0.25, -0.2) is 33.1 Å². The van der Waals surface area contributed by atoms with Gasteiger partial charge in [0.05, 0.1) is 46.7 Å². The number of hydrogen-bond donors (Lipinski definition) is 4. The molecule has 5 heterocycles. The molecule has 0 aliphatic heterocycles. The number of ether oxygens (including phenoxy) is 5. The van der Waals surface area contributed by atoms with Crippen molar-refractivity contribution in [1.29, 1.82) is 0 Å². The number of aryl methyl sites for hydroxylation is 3. The Bertz CT molecular complexity index is 5350. The Morgan fingerprint density at radius 2 is 0.808 bits per heavy atom. The van der Waals surface area contributed by atoms with Gasteiger partial charge in [0, 0.05) is 90.4 Å². The zero-order valence-corrected chi connectivity index (χ0v) is 69.8. The summed E-state index contributed by atoms with van der Waals surface area (Å²) in [6.07, 6.45) is 6.99. The molecule has 23 nitrogen and oxygen atoms in total. The summed E-state index contributed by atoms with van der Waals surface area (Å²) in [5.41, 5.74) is 1.68. The van der Waals surface area contributed by atoms with Gasteiger partial charge >= 0.3 is 18.5 Å². The van der Waals surface area contributed by atoms with E-state index in [9.17, 15) is 86.7 Å². The zero-order chi connectivity index (χ0) is 90.1. The van der Waals surface area contributed by atoms with Crippen molar-refractivity contribution in [3.63, 3.8) is 0 Å². The monoisotopic (exact) mass is 1780 g/mol. The Morgan fingerprint density at radius 1 is 0.424 bits per heavy atom. The van der Waals surface area contributed by atoms with Crippen LogP contribution in [-0.4, -0.2) is 131 Å². The largest absolute Gasteiger partial charge is 0.484 e. The van der Waals surface area contributed by atoms with E-state index in [1.807, 2.05) is 31.2 Å². The lowest BCUT2D eigenvalue weighted by molar-refractivity contribution is -0.165. The number of nitrogens with zero attached hydrogens (tertiary/aromatic N) is 6. The van der Waals surface area contributed by atoms with E-state index >= 15 is 0 Å². The fourth-order valence-corrected chi connectivity index (χ4v) is 19.1. The van der Waals surface area contributed by atoms with E-state index in [4.69, 9.17) is 42.1 Å². The van der Waals surface area contributed by atoms with Crippen LogP contribution in [0.15, 0.2) is 140 Å². The number of ketones is 4. The van der Waals surface area contributed by atoms with Crippen LogP contribution in [0.25, 0.3) is 0 Å². The number of Topliss-reactive ketones (excluding diaryl/α,β-unsaturated/α-hetero) is 4. The van der Waals surface area contributed by atoms with Crippen molar-refractivity contribution in [2.45, 2.75) is 197 Å². The van der Waals surface area contributed by atoms with Crippen molar-refractivity contribution in [2.75, 3.05) is 26.4 Å². The van der Waals surface area contributed by atoms with E-state index in [0.29, 0.717) is 63.9 Å². The Labute approximate surface area is 720 Å². The van der Waals surface area contributed by atoms with E-state index < -0.39 is 65.0 Å². The van der Waals surface area contributed by atoms with Crippen molar-refractivity contribution in [2.24, 2.45) is 21.7 Å². The first kappa shape index (κ1) is 91.4. The molecule has 36 heteroatoms. The molecule has 12 fully saturated rings. The minimum atomic E-state index is -4.56. The highest BCUT2D eigenvalue weighted by atomic mass is 35.5. The molecule has 0 radical (unpaired) electrons. The number of carbonyl (C=O) groups is 8. The molecule has 12 aliphatic rings. The summed E-state index contributed by atoms with van der Waals surface area (Å²) in [5, 5.41) is 11.8. The number of amides is 4. The molecule has 8 bridgehead atoms. The number of hydrogen-bond acceptors (Lipinski definition) is 19. The summed E-state index contributed by atoms with van der Waals surface area (Å²) in [5.74, 6) is -2.14. The molecular weight excluding hydrogens is 1700 g/mol. The first-order chi connectivity index (χ1) is 58.8. The first-order valence-electron chi connectivity index (χ1n) is 40.2. The van der Waals surface area contributed by atoms with Crippen LogP contribution in [0.2, 0.25) is 10.0 Å². The van der Waals surface area contributed by atoms with Crippen LogP contribution in [0.3, 0.4) is 0 Å². The molecular formula is C89H87Cl2F11N10O13. The van der Waals surface area contributed by atoms with Crippen LogP contribution in [0.1, 0.15) is 212 Å². The number of benzene rings is 3. The minimum absolute atomic E-state index is 0.00714. The second-order valence-corrected chi connectivity index (χ2v) is 35.4. The van der Waals surface area contributed by atoms with Gasteiger partial charge in [-0.05, 0) is 215 Å². The average molecular weight is 1780 g/mol. The molecule has 4 N–H and O–H groups in total. The smallest absolute Gasteiger partial charge is 0.433 e. The van der Waals surface area contributed by atoms with Crippen LogP contribution < -0.4 is 45.0 Å². The van der Waals surface area contributed by atoms with Crippen molar-refractivity contribution >= 4 is 70.0 Å². The van der Waals surface area contributed by atoms with Crippen LogP contribution in [0.4, 0.5) is 48.3 Å². The topological polar surface area (TPSA) is 308 Å². The van der Waals surface area contributed by atoms with Gasteiger partial charge in [0.25, 0.3) is 23.6 Å². The van der Waals surface area contributed by atoms with E-state index in [2.05, 4.69) is 69.8 Å². The van der Waals surface area contributed by atoms with Crippen LogP contribution in [0.5, 0.6) is 28.7 Å². The summed E-state index contributed by atoms with van der Waals surface area (Å²) >= 11 is 11.3. The van der Waals surface area contributed by atoms with Crippen molar-refractivity contribution in [3.8, 4) is 28.7 Å². The number of rotatable bonds is 33. The average Bonchev–Trinajstić information content (AvgIpc) is 0.697. The van der Waals surface area contributed by atoms with Crippen LogP contribution in [-0.2, 0) is 44.4 Å². The number of pyridine rings is 4. The highest BCUT2D eigenvalue weighted by Crippen LogP contribution is 2.72. The minimum Gasteiger partial charge on any atom is -0.484 e. The Kier molecular flexibility index (Phi) is 26.0. The summed E-state index contributed by atoms with van der Waals surface area (Å²) in [6.45, 7) is 7.03. The normalized spacial score (nSPS) is 24.0. The fourth-order valence-electron chi connectivity index (χ4n) is 18.9. The third kappa shape index (κ3) is 22.0. The number of aromatic nitrogens is 6. The molecule has 662 valence electrons. The number of nitrogens with one attached hydrogen (secondary N) is 4. The van der Waals surface area contributed by atoms with Gasteiger partial charge in [0.2, 0.25) is 0 Å². The zero-order valence-electron chi connectivity index (χ0n) is 68.3. The fraction of sp³-hybridized carbons (Fsp3) is 0.438. The van der Waals surface area contributed by atoms with Crippen molar-refractivity contribution in [3.05, 3.63) is 218 Å². The van der Waals surface area contributed by atoms with Crippen LogP contribution in [0, 0.1) is 40.2 Å². The third-order valence-corrected chi connectivity index (χ3v) is 24.5. The van der Waals surface area contributed by atoms with Gasteiger partial charge in [-0.15, -0.1) is 0 Å². The molecule has 1 atom stereocenters. The van der Waals surface area contributed by atoms with E-state index in [-0.39, 0.29) is 168 Å². The first-order valence-corrected chi connectivity index (χ1v) is 40.9. The lowest BCUT2D eigenvalue weighted by Crippen LogP contribution is -2.75. The Hall–Kier alpha value is -11.3. The standard InChI is InChI=1S/C24H25ClFNO3.C22H22ClFN2O3.C22H20F5N3O4.C21H20F4N4O3/c1-3-16-8-17(5-4-15(16)2)21(28)10-23-12-24(13-23,14-23)27-22(29)11-30-18-6-7-19(25)20(26)9-18;1-2-14-5-15(9-25-8-14)19(27)7-21-11-22(12-21,13-21)26-20(28)10-29-16-3-4-17(23)18(24)6-16;1-19(23,24)34-14-2-4-15(28-8-14)16(31)6-20-10-21(11-20,12-20)30-18(32)9-33-13-3-5-17(29-7-13)22(25,26)27;1-12(22)14-6-27-15(7-26-14)16(30)4-19-9-20(10-19,11-19)29-18(31)8-32-13-2-3-17(28-5-13)21(23,24)25/h4-9H,3,10-14H2,1-2H3,(H,27,29);3-6,8-9H,2,7,10-13H2,1H3,(H,26,28);2-5,7-8H,6,9-12H2,1H3,(H,30,32);2-3,5-7,12H,4,8-11H2,1H3,(H,29,31). The van der Waals surface area contributed by atoms with Crippen molar-refractivity contribution in [1.82, 2.24) is 51.2 Å². The van der Waals surface area contributed by atoms with Gasteiger partial charge in [-0.1, -0.05) is 49.2 Å². The lowest BCUT2D eigenvalue weighted by Gasteiger charge is -2.70. The van der Waals surface area contributed by atoms with Gasteiger partial charge in [0.1, 0.15) is 69.3 Å². The highest BCUT2D eigenvalue weighted by Gasteiger charge is 2.71. The quantitative estimate of drug-likeness (QED) is 0.0219. The maximum Gasteiger partial charge on any atom is 0.433 e. The summed E-state index contributed by atoms with van der Waals surface area (Å²) in [6, 6.07) is 22.3. The maximum absolute atomic E-state index is 13.4. The molecule has 0 saturated heterocycles. The molecule has 1 unspecified atom stereocenters. The van der Waals surface area contributed by atoms with Crippen LogP contribution >= 0.6 is 23.2 Å². The predicted octanol–water partition coefficient (Wildman–Crippen LogP) is 17.0. The second-order valence-electron chi connectivity index (χ2n) is 34.6. The number of halogens is 13. The number of alkyl halides is 9. The molecule has 125 heavy (non-hydrogen) atoms. The molecule has 4 amide bonds. The molecule has 3 aromatic carbocycles. The molecule has 12 saturated carbocycles. The maximum atomic E-state index is 13.4. The van der Waals surface area contributed by atoms with E-state index in [0.717, 1.165) is 117 Å². The molecule has 8 aromatic rings. The highest BCUT2D eigenvalue weighted by molar-refractivity contribution is 6.31. The second kappa shape index (κ2) is 35.6. The van der Waals surface area contributed by atoms with Gasteiger partial charge in [-0.2, -0.15) is 35.1 Å². The van der Waals surface area contributed by atoms with Gasteiger partial charge in [-0.3, -0.25) is 48.3 Å². The van der Waals surface area contributed by atoms with E-state index in [1.54, 1.807) is 12.4 Å². The van der Waals surface area contributed by atoms with Gasteiger partial charge in [0.15, 0.2) is 49.6 Å². The Balaban J connectivity index is 0.000000143. The summed E-state index contributed by atoms with van der Waals surface area (Å²) < 4.78 is 166. The van der Waals surface area contributed by atoms with E-state index in [1.165, 1.54) is 66.8 Å². The van der Waals surface area contributed by atoms with Crippen molar-refractivity contribution < 1.29 is 110 Å².